The molecule has 1 aliphatic rings. The van der Waals surface area contributed by atoms with Crippen LogP contribution in [0.4, 0.5) is 0 Å². The highest BCUT2D eigenvalue weighted by molar-refractivity contribution is 6.02. The first kappa shape index (κ1) is 8.24. The van der Waals surface area contributed by atoms with Crippen LogP contribution in [0, 0.1) is 5.92 Å². The third-order valence-corrected chi connectivity index (χ3v) is 1.76. The largest absolute Gasteiger partial charge is 0.354 e. The fourth-order valence-electron chi connectivity index (χ4n) is 1.06. The monoisotopic (exact) mass is 154 g/mol. The molecule has 3 heteroatoms. The smallest absolute Gasteiger partial charge is 0.225 e. The van der Waals surface area contributed by atoms with Crippen molar-refractivity contribution in [2.75, 3.05) is 13.1 Å². The highest BCUT2D eigenvalue weighted by Gasteiger charge is 2.12. The Hall–Kier alpha value is -0.860. The van der Waals surface area contributed by atoms with Crippen molar-refractivity contribution >= 4 is 11.6 Å². The predicted molar refractivity (Wildman–Crippen MR) is 44.8 cm³/mol. The number of aliphatic imine (C=N–C) groups is 1. The Bertz CT molecular complexity index is 185. The van der Waals surface area contributed by atoms with Gasteiger partial charge >= 0.3 is 0 Å². The van der Waals surface area contributed by atoms with Crippen LogP contribution in [0.3, 0.4) is 0 Å². The maximum absolute atomic E-state index is 11.0. The van der Waals surface area contributed by atoms with Crippen LogP contribution < -0.4 is 5.32 Å². The quantitative estimate of drug-likeness (QED) is 0.590. The summed E-state index contributed by atoms with van der Waals surface area (Å²) < 4.78 is 0. The van der Waals surface area contributed by atoms with E-state index in [0.717, 1.165) is 12.3 Å². The lowest BCUT2D eigenvalue weighted by Gasteiger charge is -2.05. The number of carbonyl (C=O) groups excluding carboxylic acids is 1. The first-order valence-electron chi connectivity index (χ1n) is 4.00. The van der Waals surface area contributed by atoms with Gasteiger partial charge in [-0.05, 0) is 5.92 Å². The molecule has 0 aromatic rings. The first-order chi connectivity index (χ1) is 5.20. The minimum Gasteiger partial charge on any atom is -0.354 e. The van der Waals surface area contributed by atoms with Crippen LogP contribution in [0.25, 0.3) is 0 Å². The third-order valence-electron chi connectivity index (χ3n) is 1.76. The summed E-state index contributed by atoms with van der Waals surface area (Å²) in [6, 6.07) is 0. The Balaban J connectivity index is 2.62. The summed E-state index contributed by atoms with van der Waals surface area (Å²) in [7, 11) is 0. The fourth-order valence-corrected chi connectivity index (χ4v) is 1.06. The summed E-state index contributed by atoms with van der Waals surface area (Å²) in [4.78, 5) is 15.3. The van der Waals surface area contributed by atoms with Crippen LogP contribution in [-0.4, -0.2) is 24.7 Å². The minimum absolute atomic E-state index is 0.106. The molecule has 1 rings (SSSR count). The molecule has 0 unspecified atom stereocenters. The first-order valence-corrected chi connectivity index (χ1v) is 4.00. The van der Waals surface area contributed by atoms with Crippen LogP contribution in [0.2, 0.25) is 0 Å². The molecule has 0 saturated heterocycles. The number of amides is 1. The van der Waals surface area contributed by atoms with Crippen molar-refractivity contribution in [3.63, 3.8) is 0 Å². The van der Waals surface area contributed by atoms with E-state index in [2.05, 4.69) is 24.2 Å². The van der Waals surface area contributed by atoms with Gasteiger partial charge in [-0.2, -0.15) is 0 Å². The van der Waals surface area contributed by atoms with Crippen molar-refractivity contribution < 1.29 is 4.79 Å². The summed E-state index contributed by atoms with van der Waals surface area (Å²) in [5.41, 5.74) is 1.03. The second-order valence-corrected chi connectivity index (χ2v) is 3.05. The van der Waals surface area contributed by atoms with Crippen LogP contribution in [-0.2, 0) is 4.79 Å². The van der Waals surface area contributed by atoms with E-state index in [-0.39, 0.29) is 5.91 Å². The molecule has 0 bridgehead atoms. The molecule has 0 fully saturated rings. The van der Waals surface area contributed by atoms with Gasteiger partial charge in [-0.25, -0.2) is 0 Å². The van der Waals surface area contributed by atoms with Gasteiger partial charge in [0, 0.05) is 12.3 Å². The molecule has 0 radical (unpaired) electrons. The second-order valence-electron chi connectivity index (χ2n) is 3.05. The molecule has 1 heterocycles. The Morgan fingerprint density at radius 1 is 1.55 bits per heavy atom. The lowest BCUT2D eigenvalue weighted by Crippen LogP contribution is -2.25. The van der Waals surface area contributed by atoms with Gasteiger partial charge in [0.05, 0.1) is 13.0 Å². The van der Waals surface area contributed by atoms with Crippen molar-refractivity contribution in [3.05, 3.63) is 0 Å². The molecule has 0 saturated carbocycles. The van der Waals surface area contributed by atoms with Gasteiger partial charge in [-0.1, -0.05) is 13.8 Å². The summed E-state index contributed by atoms with van der Waals surface area (Å²) >= 11 is 0. The average Bonchev–Trinajstić information content (AvgIpc) is 2.13. The Labute approximate surface area is 66.9 Å². The van der Waals surface area contributed by atoms with Crippen molar-refractivity contribution in [2.45, 2.75) is 20.3 Å². The Morgan fingerprint density at radius 3 is 2.91 bits per heavy atom. The van der Waals surface area contributed by atoms with Crippen LogP contribution >= 0.6 is 0 Å². The van der Waals surface area contributed by atoms with E-state index in [1.807, 2.05) is 0 Å². The van der Waals surface area contributed by atoms with Gasteiger partial charge < -0.3 is 5.32 Å². The lowest BCUT2D eigenvalue weighted by atomic mass is 10.1. The number of nitrogens with zero attached hydrogens (tertiary/aromatic N) is 1. The molecule has 1 aliphatic heterocycles. The predicted octanol–water partition coefficient (Wildman–Crippen LogP) is 0.603. The number of nitrogens with one attached hydrogen (secondary N) is 1. The molecule has 0 aromatic carbocycles. The molecule has 0 spiro atoms. The van der Waals surface area contributed by atoms with Crippen molar-refractivity contribution in [1.29, 1.82) is 0 Å². The SMILES string of the molecule is CC(C)C1=NCCNC(=O)C1. The number of hydrogen-bond donors (Lipinski definition) is 1. The van der Waals surface area contributed by atoms with Gasteiger partial charge in [0.2, 0.25) is 5.91 Å². The summed E-state index contributed by atoms with van der Waals surface area (Å²) in [5, 5.41) is 2.78. The second kappa shape index (κ2) is 3.51. The lowest BCUT2D eigenvalue weighted by molar-refractivity contribution is -0.119. The molecular formula is C8H14N2O. The molecule has 11 heavy (non-hydrogen) atoms. The maximum atomic E-state index is 11.0. The van der Waals surface area contributed by atoms with Gasteiger partial charge in [0.15, 0.2) is 0 Å². The third kappa shape index (κ3) is 2.33. The van der Waals surface area contributed by atoms with Crippen molar-refractivity contribution in [3.8, 4) is 0 Å². The minimum atomic E-state index is 0.106. The fraction of sp³-hybridized carbons (Fsp3) is 0.750. The molecule has 0 aromatic heterocycles. The highest BCUT2D eigenvalue weighted by atomic mass is 16.1. The molecule has 1 amide bonds. The van der Waals surface area contributed by atoms with Crippen molar-refractivity contribution in [1.82, 2.24) is 5.32 Å². The maximum Gasteiger partial charge on any atom is 0.225 e. The number of hydrogen-bond acceptors (Lipinski definition) is 2. The van der Waals surface area contributed by atoms with E-state index in [4.69, 9.17) is 0 Å². The molecule has 0 atom stereocenters. The molecule has 1 N–H and O–H groups in total. The molecular weight excluding hydrogens is 140 g/mol. The van der Waals surface area contributed by atoms with Gasteiger partial charge in [-0.3, -0.25) is 9.79 Å². The van der Waals surface area contributed by atoms with Crippen LogP contribution in [0.15, 0.2) is 4.99 Å². The zero-order valence-electron chi connectivity index (χ0n) is 7.05. The van der Waals surface area contributed by atoms with E-state index in [9.17, 15) is 4.79 Å². The van der Waals surface area contributed by atoms with E-state index in [1.54, 1.807) is 0 Å². The van der Waals surface area contributed by atoms with E-state index in [1.165, 1.54) is 0 Å². The highest BCUT2D eigenvalue weighted by Crippen LogP contribution is 2.03. The summed E-state index contributed by atoms with van der Waals surface area (Å²) in [6.45, 7) is 5.56. The number of rotatable bonds is 1. The van der Waals surface area contributed by atoms with E-state index >= 15 is 0 Å². The Kier molecular flexibility index (Phi) is 2.63. The zero-order chi connectivity index (χ0) is 8.27. The van der Waals surface area contributed by atoms with Crippen LogP contribution in [0.1, 0.15) is 20.3 Å². The zero-order valence-corrected chi connectivity index (χ0v) is 7.05. The summed E-state index contributed by atoms with van der Waals surface area (Å²) in [6.07, 6.45) is 0.484. The topological polar surface area (TPSA) is 41.5 Å². The molecule has 3 nitrogen and oxygen atoms in total. The van der Waals surface area contributed by atoms with Gasteiger partial charge in [0.25, 0.3) is 0 Å². The standard InChI is InChI=1S/C8H14N2O/c1-6(2)7-5-8(11)10-4-3-9-7/h6H,3-5H2,1-2H3,(H,10,11). The normalized spacial score (nSPS) is 19.2. The number of carbonyl (C=O) groups is 1. The van der Waals surface area contributed by atoms with Crippen LogP contribution in [0.5, 0.6) is 0 Å². The average molecular weight is 154 g/mol. The van der Waals surface area contributed by atoms with E-state index in [0.29, 0.717) is 18.9 Å². The van der Waals surface area contributed by atoms with Crippen molar-refractivity contribution in [2.24, 2.45) is 10.9 Å². The van der Waals surface area contributed by atoms with Gasteiger partial charge in [-0.15, -0.1) is 0 Å². The van der Waals surface area contributed by atoms with E-state index < -0.39 is 0 Å². The molecule has 0 aliphatic carbocycles. The summed E-state index contributed by atoms with van der Waals surface area (Å²) in [5.74, 6) is 0.508. The van der Waals surface area contributed by atoms with Gasteiger partial charge in [0.1, 0.15) is 0 Å². The molecule has 62 valence electrons. The Morgan fingerprint density at radius 2 is 2.27 bits per heavy atom.